The van der Waals surface area contributed by atoms with E-state index < -0.39 is 22.0 Å². The first-order chi connectivity index (χ1) is 9.34. The molecule has 0 saturated carbocycles. The lowest BCUT2D eigenvalue weighted by Crippen LogP contribution is -2.50. The lowest BCUT2D eigenvalue weighted by atomic mass is 10.2. The molecule has 5 nitrogen and oxygen atoms in total. The fourth-order valence-electron chi connectivity index (χ4n) is 2.18. The number of benzene rings is 1. The molecule has 0 aliphatic carbocycles. The number of hydrogen-bond acceptors (Lipinski definition) is 4. The van der Waals surface area contributed by atoms with Gasteiger partial charge in [0.05, 0.1) is 4.90 Å². The molecule has 1 heterocycles. The molecule has 2 rings (SSSR count). The first-order valence-electron chi connectivity index (χ1n) is 6.23. The van der Waals surface area contributed by atoms with Crippen molar-refractivity contribution in [3.8, 4) is 0 Å². The number of rotatable bonds is 3. The Balaban J connectivity index is 2.47. The van der Waals surface area contributed by atoms with Crippen molar-refractivity contribution in [1.29, 1.82) is 0 Å². The summed E-state index contributed by atoms with van der Waals surface area (Å²) in [5, 5.41) is 9.22. The molecule has 0 bridgehead atoms. The van der Waals surface area contributed by atoms with E-state index >= 15 is 0 Å². The molecule has 1 atom stereocenters. The molecule has 0 aromatic heterocycles. The Hall–Kier alpha value is -1.05. The van der Waals surface area contributed by atoms with Gasteiger partial charge in [-0.25, -0.2) is 8.42 Å². The SMILES string of the molecule is Cc1ccc(C)c(S(=O)(=O)N2CCSCC2C(=O)O)c1. The summed E-state index contributed by atoms with van der Waals surface area (Å²) in [5.41, 5.74) is 1.48. The average Bonchev–Trinajstić information content (AvgIpc) is 2.41. The predicted octanol–water partition coefficient (Wildman–Crippen LogP) is 1.49. The van der Waals surface area contributed by atoms with Crippen molar-refractivity contribution in [3.63, 3.8) is 0 Å². The normalized spacial score (nSPS) is 20.8. The third kappa shape index (κ3) is 2.84. The van der Waals surface area contributed by atoms with Crippen LogP contribution in [0, 0.1) is 13.8 Å². The zero-order valence-electron chi connectivity index (χ0n) is 11.4. The minimum Gasteiger partial charge on any atom is -0.480 e. The predicted molar refractivity (Wildman–Crippen MR) is 78.6 cm³/mol. The van der Waals surface area contributed by atoms with E-state index in [1.165, 1.54) is 11.8 Å². The molecule has 1 aliphatic rings. The maximum atomic E-state index is 12.7. The number of aliphatic carboxylic acids is 1. The molecule has 1 fully saturated rings. The van der Waals surface area contributed by atoms with E-state index in [1.807, 2.05) is 13.0 Å². The summed E-state index contributed by atoms with van der Waals surface area (Å²) in [4.78, 5) is 11.5. The van der Waals surface area contributed by atoms with Crippen LogP contribution in [0.3, 0.4) is 0 Å². The highest BCUT2D eigenvalue weighted by molar-refractivity contribution is 7.99. The number of thioether (sulfide) groups is 1. The number of nitrogens with zero attached hydrogens (tertiary/aromatic N) is 1. The van der Waals surface area contributed by atoms with Crippen LogP contribution in [0.4, 0.5) is 0 Å². The third-order valence-corrected chi connectivity index (χ3v) is 6.37. The number of hydrogen-bond donors (Lipinski definition) is 1. The van der Waals surface area contributed by atoms with Crippen molar-refractivity contribution < 1.29 is 18.3 Å². The summed E-state index contributed by atoms with van der Waals surface area (Å²) in [6.07, 6.45) is 0. The lowest BCUT2D eigenvalue weighted by molar-refractivity contribution is -0.140. The molecule has 20 heavy (non-hydrogen) atoms. The summed E-state index contributed by atoms with van der Waals surface area (Å²) in [6.45, 7) is 3.78. The van der Waals surface area contributed by atoms with Gasteiger partial charge in [0, 0.05) is 18.1 Å². The van der Waals surface area contributed by atoms with Gasteiger partial charge in [-0.05, 0) is 31.0 Å². The van der Waals surface area contributed by atoms with Gasteiger partial charge in [-0.1, -0.05) is 12.1 Å². The van der Waals surface area contributed by atoms with Crippen LogP contribution in [0.1, 0.15) is 11.1 Å². The van der Waals surface area contributed by atoms with Crippen LogP contribution in [0.15, 0.2) is 23.1 Å². The lowest BCUT2D eigenvalue weighted by Gasteiger charge is -2.32. The van der Waals surface area contributed by atoms with Crippen molar-refractivity contribution in [2.24, 2.45) is 0 Å². The maximum absolute atomic E-state index is 12.7. The van der Waals surface area contributed by atoms with Crippen molar-refractivity contribution in [3.05, 3.63) is 29.3 Å². The second kappa shape index (κ2) is 5.75. The second-order valence-corrected chi connectivity index (χ2v) is 7.82. The topological polar surface area (TPSA) is 74.7 Å². The molecule has 0 radical (unpaired) electrons. The van der Waals surface area contributed by atoms with E-state index in [0.29, 0.717) is 17.1 Å². The molecule has 0 spiro atoms. The molecule has 0 amide bonds. The Labute approximate surface area is 123 Å². The van der Waals surface area contributed by atoms with Gasteiger partial charge in [0.2, 0.25) is 10.0 Å². The van der Waals surface area contributed by atoms with E-state index in [1.54, 1.807) is 19.1 Å². The summed E-state index contributed by atoms with van der Waals surface area (Å²) in [7, 11) is -3.77. The maximum Gasteiger partial charge on any atom is 0.322 e. The molecule has 7 heteroatoms. The van der Waals surface area contributed by atoms with Crippen LogP contribution in [0.5, 0.6) is 0 Å². The molecule has 1 aliphatic heterocycles. The minimum atomic E-state index is -3.77. The van der Waals surface area contributed by atoms with Gasteiger partial charge in [-0.15, -0.1) is 0 Å². The highest BCUT2D eigenvalue weighted by Gasteiger charge is 2.38. The fraction of sp³-hybridized carbons (Fsp3) is 0.462. The number of carboxylic acid groups (broad SMARTS) is 1. The standard InChI is InChI=1S/C13H17NO4S2/c1-9-3-4-10(2)12(7-9)20(17,18)14-5-6-19-8-11(14)13(15)16/h3-4,7,11H,5-6,8H2,1-2H3,(H,15,16). The third-order valence-electron chi connectivity index (χ3n) is 3.29. The van der Waals surface area contributed by atoms with Crippen molar-refractivity contribution in [1.82, 2.24) is 4.31 Å². The quantitative estimate of drug-likeness (QED) is 0.915. The number of sulfonamides is 1. The van der Waals surface area contributed by atoms with E-state index in [2.05, 4.69) is 0 Å². The minimum absolute atomic E-state index is 0.204. The number of carboxylic acids is 1. The summed E-state index contributed by atoms with van der Waals surface area (Å²) in [6, 6.07) is 4.20. The van der Waals surface area contributed by atoms with Gasteiger partial charge in [0.15, 0.2) is 0 Å². The van der Waals surface area contributed by atoms with Gasteiger partial charge >= 0.3 is 5.97 Å². The zero-order valence-corrected chi connectivity index (χ0v) is 13.0. The fourth-order valence-corrected chi connectivity index (χ4v) is 5.32. The first-order valence-corrected chi connectivity index (χ1v) is 8.83. The molecule has 1 saturated heterocycles. The summed E-state index contributed by atoms with van der Waals surface area (Å²) in [5.74, 6) is -0.182. The van der Waals surface area contributed by atoms with Crippen LogP contribution in [0.2, 0.25) is 0 Å². The van der Waals surface area contributed by atoms with Gasteiger partial charge in [-0.2, -0.15) is 16.1 Å². The van der Waals surface area contributed by atoms with Crippen LogP contribution in [-0.2, 0) is 14.8 Å². The van der Waals surface area contributed by atoms with E-state index in [9.17, 15) is 18.3 Å². The molecular weight excluding hydrogens is 298 g/mol. The van der Waals surface area contributed by atoms with Crippen LogP contribution >= 0.6 is 11.8 Å². The summed E-state index contributed by atoms with van der Waals surface area (Å²) >= 11 is 1.47. The van der Waals surface area contributed by atoms with Crippen molar-refractivity contribution in [2.75, 3.05) is 18.1 Å². The van der Waals surface area contributed by atoms with E-state index in [0.717, 1.165) is 9.87 Å². The van der Waals surface area contributed by atoms with E-state index in [4.69, 9.17) is 0 Å². The Morgan fingerprint density at radius 2 is 2.10 bits per heavy atom. The Bertz CT molecular complexity index is 627. The molecular formula is C13H17NO4S2. The highest BCUT2D eigenvalue weighted by Crippen LogP contribution is 2.27. The van der Waals surface area contributed by atoms with Gasteiger partial charge < -0.3 is 5.11 Å². The Morgan fingerprint density at radius 3 is 2.75 bits per heavy atom. The van der Waals surface area contributed by atoms with Gasteiger partial charge in [0.1, 0.15) is 6.04 Å². The summed E-state index contributed by atoms with van der Waals surface area (Å²) < 4.78 is 26.6. The van der Waals surface area contributed by atoms with Crippen LogP contribution in [0.25, 0.3) is 0 Å². The van der Waals surface area contributed by atoms with Crippen LogP contribution in [-0.4, -0.2) is 47.9 Å². The first kappa shape index (κ1) is 15.3. The Morgan fingerprint density at radius 1 is 1.40 bits per heavy atom. The smallest absolute Gasteiger partial charge is 0.322 e. The number of aryl methyl sites for hydroxylation is 2. The van der Waals surface area contributed by atoms with Crippen molar-refractivity contribution in [2.45, 2.75) is 24.8 Å². The molecule has 1 aromatic rings. The van der Waals surface area contributed by atoms with Crippen molar-refractivity contribution >= 4 is 27.8 Å². The van der Waals surface area contributed by atoms with Gasteiger partial charge in [-0.3, -0.25) is 4.79 Å². The zero-order chi connectivity index (χ0) is 14.9. The average molecular weight is 315 g/mol. The number of carbonyl (C=O) groups is 1. The monoisotopic (exact) mass is 315 g/mol. The largest absolute Gasteiger partial charge is 0.480 e. The Kier molecular flexibility index (Phi) is 4.41. The molecule has 110 valence electrons. The van der Waals surface area contributed by atoms with Gasteiger partial charge in [0.25, 0.3) is 0 Å². The second-order valence-electron chi connectivity index (χ2n) is 4.81. The highest BCUT2D eigenvalue weighted by atomic mass is 32.2. The van der Waals surface area contributed by atoms with Crippen LogP contribution < -0.4 is 0 Å². The molecule has 1 unspecified atom stereocenters. The molecule has 1 N–H and O–H groups in total. The molecule has 1 aromatic carbocycles. The van der Waals surface area contributed by atoms with E-state index in [-0.39, 0.29) is 11.4 Å².